The van der Waals surface area contributed by atoms with Gasteiger partial charge in [0.2, 0.25) is 0 Å². The van der Waals surface area contributed by atoms with Crippen LogP contribution in [0.4, 0.5) is 11.4 Å². The summed E-state index contributed by atoms with van der Waals surface area (Å²) in [7, 11) is 4.31. The van der Waals surface area contributed by atoms with Crippen molar-refractivity contribution in [3.63, 3.8) is 0 Å². The summed E-state index contributed by atoms with van der Waals surface area (Å²) in [5, 5.41) is 0. The van der Waals surface area contributed by atoms with Gasteiger partial charge < -0.3 is 15.5 Å². The van der Waals surface area contributed by atoms with Crippen molar-refractivity contribution in [3.8, 4) is 0 Å². The van der Waals surface area contributed by atoms with Crippen LogP contribution in [0, 0.1) is 6.92 Å². The number of anilines is 2. The van der Waals surface area contributed by atoms with E-state index in [1.54, 1.807) is 0 Å². The number of nitrogens with two attached hydrogens (primary N) is 1. The van der Waals surface area contributed by atoms with E-state index in [4.69, 9.17) is 5.73 Å². The molecule has 3 nitrogen and oxygen atoms in total. The molecule has 2 N–H and O–H groups in total. The summed E-state index contributed by atoms with van der Waals surface area (Å²) in [6.07, 6.45) is 1.25. The summed E-state index contributed by atoms with van der Waals surface area (Å²) in [6.45, 7) is 4.33. The van der Waals surface area contributed by atoms with Gasteiger partial charge in [0.15, 0.2) is 0 Å². The zero-order valence-corrected chi connectivity index (χ0v) is 10.4. The second kappa shape index (κ2) is 4.34. The summed E-state index contributed by atoms with van der Waals surface area (Å²) in [5.74, 6) is 0. The van der Waals surface area contributed by atoms with Gasteiger partial charge in [-0.05, 0) is 51.2 Å². The first-order chi connectivity index (χ1) is 7.58. The fraction of sp³-hybridized carbons (Fsp3) is 0.538. The summed E-state index contributed by atoms with van der Waals surface area (Å²) >= 11 is 0. The number of aryl methyl sites for hydroxylation is 1. The van der Waals surface area contributed by atoms with Crippen LogP contribution in [0.5, 0.6) is 0 Å². The van der Waals surface area contributed by atoms with Crippen LogP contribution in [0.2, 0.25) is 0 Å². The van der Waals surface area contributed by atoms with E-state index in [9.17, 15) is 0 Å². The van der Waals surface area contributed by atoms with E-state index >= 15 is 0 Å². The third kappa shape index (κ3) is 2.14. The lowest BCUT2D eigenvalue weighted by molar-refractivity contribution is 0.315. The van der Waals surface area contributed by atoms with Gasteiger partial charge in [-0.2, -0.15) is 0 Å². The van der Waals surface area contributed by atoms with Gasteiger partial charge in [-0.1, -0.05) is 0 Å². The van der Waals surface area contributed by atoms with E-state index in [2.05, 4.69) is 43.0 Å². The van der Waals surface area contributed by atoms with E-state index < -0.39 is 0 Å². The molecule has 0 saturated carbocycles. The Kier molecular flexibility index (Phi) is 3.06. The maximum atomic E-state index is 5.84. The summed E-state index contributed by atoms with van der Waals surface area (Å²) in [6, 6.07) is 7.00. The van der Waals surface area contributed by atoms with E-state index in [1.165, 1.54) is 17.7 Å². The highest BCUT2D eigenvalue weighted by molar-refractivity contribution is 5.58. The molecule has 0 unspecified atom stereocenters. The average molecular weight is 219 g/mol. The van der Waals surface area contributed by atoms with Gasteiger partial charge in [-0.25, -0.2) is 0 Å². The van der Waals surface area contributed by atoms with Crippen molar-refractivity contribution in [1.82, 2.24) is 4.90 Å². The zero-order valence-electron chi connectivity index (χ0n) is 10.4. The van der Waals surface area contributed by atoms with Crippen molar-refractivity contribution in [2.45, 2.75) is 19.4 Å². The third-order valence-electron chi connectivity index (χ3n) is 3.51. The lowest BCUT2D eigenvalue weighted by Gasteiger charge is -2.22. The number of hydrogen-bond acceptors (Lipinski definition) is 3. The molecule has 0 spiro atoms. The SMILES string of the molecule is Cc1cc(N2CC[C@@H](N(C)C)C2)ccc1N. The summed E-state index contributed by atoms with van der Waals surface area (Å²) in [5.41, 5.74) is 9.19. The minimum Gasteiger partial charge on any atom is -0.399 e. The third-order valence-corrected chi connectivity index (χ3v) is 3.51. The van der Waals surface area contributed by atoms with Crippen LogP contribution in [-0.2, 0) is 0 Å². The smallest absolute Gasteiger partial charge is 0.0370 e. The minimum absolute atomic E-state index is 0.679. The molecule has 0 radical (unpaired) electrons. The largest absolute Gasteiger partial charge is 0.399 e. The number of nitrogens with zero attached hydrogens (tertiary/aromatic N) is 2. The maximum Gasteiger partial charge on any atom is 0.0370 e. The molecule has 88 valence electrons. The van der Waals surface area contributed by atoms with Crippen molar-refractivity contribution in [2.75, 3.05) is 37.8 Å². The molecule has 1 aliphatic heterocycles. The van der Waals surface area contributed by atoms with Crippen molar-refractivity contribution in [3.05, 3.63) is 23.8 Å². The lowest BCUT2D eigenvalue weighted by atomic mass is 10.2. The van der Waals surface area contributed by atoms with Gasteiger partial charge in [0.05, 0.1) is 0 Å². The molecule has 0 aliphatic carbocycles. The van der Waals surface area contributed by atoms with Crippen LogP contribution in [0.15, 0.2) is 18.2 Å². The van der Waals surface area contributed by atoms with Crippen LogP contribution in [0.3, 0.4) is 0 Å². The molecule has 1 aromatic carbocycles. The van der Waals surface area contributed by atoms with E-state index in [-0.39, 0.29) is 0 Å². The predicted molar refractivity (Wildman–Crippen MR) is 69.9 cm³/mol. The second-order valence-corrected chi connectivity index (χ2v) is 4.89. The molecule has 0 bridgehead atoms. The molecule has 16 heavy (non-hydrogen) atoms. The second-order valence-electron chi connectivity index (χ2n) is 4.89. The predicted octanol–water partition coefficient (Wildman–Crippen LogP) is 1.72. The highest BCUT2D eigenvalue weighted by Crippen LogP contribution is 2.25. The molecule has 1 saturated heterocycles. The molecular formula is C13H21N3. The molecule has 3 heteroatoms. The zero-order chi connectivity index (χ0) is 11.7. The summed E-state index contributed by atoms with van der Waals surface area (Å²) in [4.78, 5) is 4.75. The van der Waals surface area contributed by atoms with Gasteiger partial charge in [-0.15, -0.1) is 0 Å². The Morgan fingerprint density at radius 2 is 2.12 bits per heavy atom. The van der Waals surface area contributed by atoms with Crippen molar-refractivity contribution < 1.29 is 0 Å². The molecule has 0 amide bonds. The van der Waals surface area contributed by atoms with Crippen molar-refractivity contribution in [1.29, 1.82) is 0 Å². The molecule has 1 fully saturated rings. The normalized spacial score (nSPS) is 20.8. The number of benzene rings is 1. The van der Waals surface area contributed by atoms with E-state index in [0.29, 0.717) is 6.04 Å². The first kappa shape index (κ1) is 11.3. The first-order valence-corrected chi connectivity index (χ1v) is 5.85. The van der Waals surface area contributed by atoms with Gasteiger partial charge >= 0.3 is 0 Å². The molecule has 1 heterocycles. The average Bonchev–Trinajstić information content (AvgIpc) is 2.71. The molecule has 1 atom stereocenters. The number of nitrogen functional groups attached to an aromatic ring is 1. The summed E-state index contributed by atoms with van der Waals surface area (Å²) < 4.78 is 0. The molecule has 1 aromatic rings. The van der Waals surface area contributed by atoms with Crippen LogP contribution >= 0.6 is 0 Å². The molecule has 2 rings (SSSR count). The Balaban J connectivity index is 2.11. The van der Waals surface area contributed by atoms with Crippen molar-refractivity contribution in [2.24, 2.45) is 0 Å². The van der Waals surface area contributed by atoms with Crippen LogP contribution < -0.4 is 10.6 Å². The van der Waals surface area contributed by atoms with Crippen LogP contribution in [0.1, 0.15) is 12.0 Å². The Bertz CT molecular complexity index is 373. The molecule has 0 aromatic heterocycles. The van der Waals surface area contributed by atoms with Gasteiger partial charge in [-0.3, -0.25) is 0 Å². The fourth-order valence-electron chi connectivity index (χ4n) is 2.25. The molecular weight excluding hydrogens is 198 g/mol. The Hall–Kier alpha value is -1.22. The lowest BCUT2D eigenvalue weighted by Crippen LogP contribution is -2.31. The number of hydrogen-bond donors (Lipinski definition) is 1. The first-order valence-electron chi connectivity index (χ1n) is 5.85. The highest BCUT2D eigenvalue weighted by atomic mass is 15.2. The van der Waals surface area contributed by atoms with Gasteiger partial charge in [0.1, 0.15) is 0 Å². The Morgan fingerprint density at radius 3 is 2.69 bits per heavy atom. The van der Waals surface area contributed by atoms with Crippen LogP contribution in [-0.4, -0.2) is 38.1 Å². The standard InChI is InChI=1S/C13H21N3/c1-10-8-11(4-5-13(10)14)16-7-6-12(9-16)15(2)3/h4-5,8,12H,6-7,9,14H2,1-3H3/t12-/m1/s1. The van der Waals surface area contributed by atoms with E-state index in [0.717, 1.165) is 18.8 Å². The van der Waals surface area contributed by atoms with Gasteiger partial charge in [0, 0.05) is 30.5 Å². The Morgan fingerprint density at radius 1 is 1.38 bits per heavy atom. The minimum atomic E-state index is 0.679. The van der Waals surface area contributed by atoms with Crippen LogP contribution in [0.25, 0.3) is 0 Å². The van der Waals surface area contributed by atoms with Crippen molar-refractivity contribution >= 4 is 11.4 Å². The highest BCUT2D eigenvalue weighted by Gasteiger charge is 2.24. The monoisotopic (exact) mass is 219 g/mol. The number of rotatable bonds is 2. The Labute approximate surface area is 97.8 Å². The quantitative estimate of drug-likeness (QED) is 0.769. The topological polar surface area (TPSA) is 32.5 Å². The molecule has 1 aliphatic rings. The number of likely N-dealkylation sites (N-methyl/N-ethyl adjacent to an activating group) is 1. The maximum absolute atomic E-state index is 5.84. The van der Waals surface area contributed by atoms with E-state index in [1.807, 2.05) is 6.07 Å². The fourth-order valence-corrected chi connectivity index (χ4v) is 2.25. The van der Waals surface area contributed by atoms with Gasteiger partial charge in [0.25, 0.3) is 0 Å².